The van der Waals surface area contributed by atoms with Crippen LogP contribution in [0.4, 0.5) is 37.7 Å². The first-order chi connectivity index (χ1) is 37.0. The normalized spacial score (nSPS) is 19.6. The summed E-state index contributed by atoms with van der Waals surface area (Å²) in [5.74, 6) is -1.56. The Bertz CT molecular complexity index is 3130. The second kappa shape index (κ2) is 21.5. The van der Waals surface area contributed by atoms with Crippen molar-refractivity contribution in [3.05, 3.63) is 187 Å². The highest BCUT2D eigenvalue weighted by Gasteiger charge is 2.41. The molecular formula is C60H58F6N8O2. The van der Waals surface area contributed by atoms with E-state index in [4.69, 9.17) is 9.90 Å². The van der Waals surface area contributed by atoms with Gasteiger partial charge in [0, 0.05) is 70.9 Å². The Kier molecular flexibility index (Phi) is 14.3. The molecule has 2 saturated heterocycles. The van der Waals surface area contributed by atoms with Gasteiger partial charge in [-0.15, -0.1) is 0 Å². The highest BCUT2D eigenvalue weighted by atomic mass is 19.4. The first-order valence-electron chi connectivity index (χ1n) is 26.3. The highest BCUT2D eigenvalue weighted by molar-refractivity contribution is 5.73. The van der Waals surface area contributed by atoms with Gasteiger partial charge >= 0.3 is 12.1 Å². The molecule has 76 heavy (non-hydrogen) atoms. The van der Waals surface area contributed by atoms with E-state index in [1.54, 1.807) is 36.4 Å². The van der Waals surface area contributed by atoms with E-state index in [2.05, 4.69) is 99.1 Å². The Morgan fingerprint density at radius 1 is 0.447 bits per heavy atom. The smallest absolute Gasteiger partial charge is 0.475 e. The van der Waals surface area contributed by atoms with Crippen LogP contribution in [0, 0.1) is 35.2 Å². The number of imidazole rings is 3. The van der Waals surface area contributed by atoms with Crippen LogP contribution >= 0.6 is 0 Å². The molecule has 1 saturated carbocycles. The van der Waals surface area contributed by atoms with Crippen molar-refractivity contribution in [3.63, 3.8) is 0 Å². The lowest BCUT2D eigenvalue weighted by atomic mass is 9.81. The summed E-state index contributed by atoms with van der Waals surface area (Å²) in [5, 5.41) is 7.12. The molecule has 3 atom stereocenters. The van der Waals surface area contributed by atoms with Crippen molar-refractivity contribution in [2.24, 2.45) is 17.8 Å². The molecule has 0 radical (unpaired) electrons. The van der Waals surface area contributed by atoms with Gasteiger partial charge < -0.3 is 28.6 Å². The number of piperidine rings is 2. The van der Waals surface area contributed by atoms with Crippen LogP contribution in [0.2, 0.25) is 0 Å². The average molecular weight is 1040 g/mol. The van der Waals surface area contributed by atoms with Crippen LogP contribution in [0.3, 0.4) is 0 Å². The Morgan fingerprint density at radius 2 is 0.763 bits per heavy atom. The minimum atomic E-state index is -5.08. The van der Waals surface area contributed by atoms with E-state index in [0.717, 1.165) is 102 Å². The molecule has 3 unspecified atom stereocenters. The number of halogens is 6. The molecule has 392 valence electrons. The van der Waals surface area contributed by atoms with Crippen molar-refractivity contribution in [1.29, 1.82) is 0 Å². The molecule has 3 aromatic heterocycles. The summed E-state index contributed by atoms with van der Waals surface area (Å²) in [6.45, 7) is 4.05. The third-order valence-electron chi connectivity index (χ3n) is 16.3. The molecule has 0 spiro atoms. The van der Waals surface area contributed by atoms with Crippen molar-refractivity contribution in [3.8, 4) is 33.8 Å². The van der Waals surface area contributed by atoms with Crippen molar-refractivity contribution in [2.45, 2.75) is 82.1 Å². The molecule has 3 fully saturated rings. The molecule has 8 aromatic rings. The Balaban J connectivity index is 0.000000115. The molecule has 0 bridgehead atoms. The summed E-state index contributed by atoms with van der Waals surface area (Å²) in [4.78, 5) is 26.6. The van der Waals surface area contributed by atoms with Gasteiger partial charge in [-0.3, -0.25) is 0 Å². The highest BCUT2D eigenvalue weighted by Crippen LogP contribution is 2.50. The van der Waals surface area contributed by atoms with E-state index in [9.17, 15) is 26.3 Å². The van der Waals surface area contributed by atoms with Crippen LogP contribution in [-0.2, 0) is 4.79 Å². The van der Waals surface area contributed by atoms with Crippen LogP contribution < -0.4 is 9.80 Å². The second-order valence-corrected chi connectivity index (χ2v) is 20.5. The van der Waals surface area contributed by atoms with E-state index in [1.165, 1.54) is 43.5 Å². The minimum Gasteiger partial charge on any atom is -0.475 e. The zero-order valence-corrected chi connectivity index (χ0v) is 41.8. The largest absolute Gasteiger partial charge is 0.490 e. The van der Waals surface area contributed by atoms with Gasteiger partial charge in [-0.2, -0.15) is 13.2 Å². The van der Waals surface area contributed by atoms with E-state index in [1.807, 2.05) is 55.8 Å². The summed E-state index contributed by atoms with van der Waals surface area (Å²) in [6.07, 6.45) is 16.6. The molecule has 10 nitrogen and oxygen atoms in total. The Morgan fingerprint density at radius 3 is 1.08 bits per heavy atom. The number of hydrogen-bond acceptors (Lipinski definition) is 6. The molecule has 5 aromatic carbocycles. The number of benzene rings is 5. The van der Waals surface area contributed by atoms with E-state index >= 15 is 0 Å². The summed E-state index contributed by atoms with van der Waals surface area (Å²) < 4.78 is 81.9. The van der Waals surface area contributed by atoms with Gasteiger partial charge in [0.15, 0.2) is 0 Å². The molecule has 5 aliphatic heterocycles. The molecule has 1 aliphatic carbocycles. The van der Waals surface area contributed by atoms with Crippen LogP contribution in [0.1, 0.15) is 92.6 Å². The first-order valence-corrected chi connectivity index (χ1v) is 26.3. The molecule has 6 aliphatic rings. The second-order valence-electron chi connectivity index (χ2n) is 20.5. The van der Waals surface area contributed by atoms with Gasteiger partial charge in [0.1, 0.15) is 17.5 Å². The maximum absolute atomic E-state index is 14.6. The Labute approximate surface area is 437 Å². The van der Waals surface area contributed by atoms with Gasteiger partial charge in [0.2, 0.25) is 0 Å². The third-order valence-corrected chi connectivity index (χ3v) is 16.3. The number of hydrogen-bond donors (Lipinski definition) is 1. The standard InChI is InChI=1S/2C21H20FN3.C16H17FN2.C2HF3O2/c2*22-18-8-4-7-17-19-13-23-14-25(19)21(20(17)18)15-9-11-24(12-10-15)16-5-2-1-3-6-16;17-13-8-4-7-12-14-9-18-10-19(14)16(15(12)13)11-5-2-1-3-6-11;3-2(4,5)1(6)7/h2*1-8,13-15,21H,9-12H2;4,7-11,16H,1-3,5-6H2;(H,6,7). The fourth-order valence-corrected chi connectivity index (χ4v) is 12.9. The monoisotopic (exact) mass is 1040 g/mol. The van der Waals surface area contributed by atoms with E-state index in [0.29, 0.717) is 17.8 Å². The lowest BCUT2D eigenvalue weighted by Crippen LogP contribution is -2.36. The van der Waals surface area contributed by atoms with Crippen LogP contribution in [0.5, 0.6) is 0 Å². The third kappa shape index (κ3) is 9.77. The summed E-state index contributed by atoms with van der Waals surface area (Å²) in [5.41, 5.74) is 11.4. The fraction of sp³-hybridized carbons (Fsp3) is 0.333. The van der Waals surface area contributed by atoms with Gasteiger partial charge in [-0.25, -0.2) is 32.9 Å². The summed E-state index contributed by atoms with van der Waals surface area (Å²) in [7, 11) is 0. The first kappa shape index (κ1) is 50.5. The SMILES string of the molecule is Fc1cccc2c1C(C1CCCCC1)n1cncc1-2.Fc1cccc2c1C(C1CCN(c3ccccc3)CC1)n1cncc1-2.Fc1cccc2c1C(C1CCN(c3ccccc3)CC1)n1cncc1-2.O=C(O)C(F)(F)F. The number of carbonyl (C=O) groups is 1. The number of nitrogens with zero attached hydrogens (tertiary/aromatic N) is 8. The molecule has 14 rings (SSSR count). The lowest BCUT2D eigenvalue weighted by Gasteiger charge is -2.37. The van der Waals surface area contributed by atoms with Gasteiger partial charge in [0.25, 0.3) is 0 Å². The average Bonchev–Trinajstić information content (AvgIpc) is 4.50. The number of aliphatic carboxylic acids is 1. The predicted octanol–water partition coefficient (Wildman–Crippen LogP) is 13.8. The molecule has 1 N–H and O–H groups in total. The van der Waals surface area contributed by atoms with Crippen LogP contribution in [0.25, 0.3) is 33.8 Å². The molecular weight excluding hydrogens is 979 g/mol. The number of carboxylic acid groups (broad SMARTS) is 1. The van der Waals surface area contributed by atoms with Crippen LogP contribution in [0.15, 0.2) is 153 Å². The number of aromatic nitrogens is 6. The predicted molar refractivity (Wildman–Crippen MR) is 280 cm³/mol. The van der Waals surface area contributed by atoms with Gasteiger partial charge in [-0.1, -0.05) is 92.1 Å². The number of carboxylic acids is 1. The van der Waals surface area contributed by atoms with Gasteiger partial charge in [0.05, 0.1) is 72.8 Å². The van der Waals surface area contributed by atoms with E-state index in [-0.39, 0.29) is 35.6 Å². The quantitative estimate of drug-likeness (QED) is 0.172. The zero-order valence-electron chi connectivity index (χ0n) is 41.8. The van der Waals surface area contributed by atoms with Gasteiger partial charge in [-0.05, 0) is 98.7 Å². The number of para-hydroxylation sites is 2. The van der Waals surface area contributed by atoms with Crippen molar-refractivity contribution < 1.29 is 36.2 Å². The number of fused-ring (bicyclic) bond motifs is 9. The Hall–Kier alpha value is -7.62. The van der Waals surface area contributed by atoms with E-state index < -0.39 is 12.1 Å². The number of alkyl halides is 3. The molecule has 0 amide bonds. The maximum atomic E-state index is 14.6. The van der Waals surface area contributed by atoms with Crippen molar-refractivity contribution in [2.75, 3.05) is 36.0 Å². The fourth-order valence-electron chi connectivity index (χ4n) is 12.9. The lowest BCUT2D eigenvalue weighted by molar-refractivity contribution is -0.192. The summed E-state index contributed by atoms with van der Waals surface area (Å²) >= 11 is 0. The topological polar surface area (TPSA) is 97.2 Å². The van der Waals surface area contributed by atoms with Crippen molar-refractivity contribution in [1.82, 2.24) is 28.7 Å². The zero-order chi connectivity index (χ0) is 52.5. The maximum Gasteiger partial charge on any atom is 0.490 e. The van der Waals surface area contributed by atoms with Crippen molar-refractivity contribution >= 4 is 17.3 Å². The summed E-state index contributed by atoms with van der Waals surface area (Å²) in [6, 6.07) is 37.6. The minimum absolute atomic E-state index is 0.0585. The number of anilines is 2. The number of rotatable bonds is 5. The molecule has 16 heteroatoms. The molecule has 8 heterocycles. The van der Waals surface area contributed by atoms with Crippen LogP contribution in [-0.4, -0.2) is 72.1 Å².